The summed E-state index contributed by atoms with van der Waals surface area (Å²) in [5, 5.41) is 13.5. The second-order valence-corrected chi connectivity index (χ2v) is 7.97. The molecule has 6 nitrogen and oxygen atoms in total. The summed E-state index contributed by atoms with van der Waals surface area (Å²) in [5.74, 6) is 0.439. The maximum atomic E-state index is 12.7. The summed E-state index contributed by atoms with van der Waals surface area (Å²) in [6.07, 6.45) is 2.19. The number of nitrogens with zero attached hydrogens (tertiary/aromatic N) is 3. The fraction of sp³-hybridized carbons (Fsp3) is 0.176. The molecule has 0 atom stereocenters. The van der Waals surface area contributed by atoms with Crippen LogP contribution in [0.25, 0.3) is 10.7 Å². The van der Waals surface area contributed by atoms with Crippen LogP contribution in [0.3, 0.4) is 0 Å². The Kier molecular flexibility index (Phi) is 4.14. The van der Waals surface area contributed by atoms with E-state index in [2.05, 4.69) is 15.5 Å². The molecule has 8 heteroatoms. The second-order valence-electron chi connectivity index (χ2n) is 5.68. The Morgan fingerprint density at radius 3 is 2.64 bits per heavy atom. The summed E-state index contributed by atoms with van der Waals surface area (Å²) in [5.41, 5.74) is 0.760. The van der Waals surface area contributed by atoms with E-state index in [1.807, 2.05) is 47.8 Å². The van der Waals surface area contributed by atoms with Crippen molar-refractivity contribution in [1.29, 1.82) is 0 Å². The lowest BCUT2D eigenvalue weighted by Gasteiger charge is -2.14. The number of anilines is 1. The second kappa shape index (κ2) is 6.45. The normalized spacial score (nSPS) is 14.9. The highest BCUT2D eigenvalue weighted by molar-refractivity contribution is 8.01. The van der Waals surface area contributed by atoms with Gasteiger partial charge < -0.3 is 5.32 Å². The highest BCUT2D eigenvalue weighted by atomic mass is 32.2. The number of hydrogen-bond acceptors (Lipinski definition) is 6. The van der Waals surface area contributed by atoms with Crippen molar-refractivity contribution >= 4 is 41.1 Å². The van der Waals surface area contributed by atoms with Crippen molar-refractivity contribution in [1.82, 2.24) is 14.8 Å². The van der Waals surface area contributed by atoms with E-state index in [-0.39, 0.29) is 5.91 Å². The van der Waals surface area contributed by atoms with Crippen LogP contribution < -0.4 is 5.32 Å². The third-order valence-corrected chi connectivity index (χ3v) is 6.26. The molecule has 0 unspecified atom stereocenters. The monoisotopic (exact) mass is 370 g/mol. The van der Waals surface area contributed by atoms with Crippen LogP contribution in [0, 0.1) is 0 Å². The first-order valence-electron chi connectivity index (χ1n) is 7.71. The lowest BCUT2D eigenvalue weighted by molar-refractivity contribution is -0.116. The molecular formula is C17H14N4O2S2. The number of amides is 1. The Balaban J connectivity index is 1.56. The van der Waals surface area contributed by atoms with E-state index in [1.54, 1.807) is 0 Å². The summed E-state index contributed by atoms with van der Waals surface area (Å²) >= 11 is 2.79. The van der Waals surface area contributed by atoms with Gasteiger partial charge in [-0.3, -0.25) is 9.59 Å². The maximum Gasteiger partial charge on any atom is 0.241 e. The predicted molar refractivity (Wildman–Crippen MR) is 98.4 cm³/mol. The minimum atomic E-state index is -0.587. The molecule has 1 amide bonds. The first-order valence-corrected chi connectivity index (χ1v) is 9.41. The van der Waals surface area contributed by atoms with E-state index in [9.17, 15) is 9.59 Å². The van der Waals surface area contributed by atoms with Crippen LogP contribution >= 0.6 is 23.1 Å². The molecule has 0 bridgehead atoms. The van der Waals surface area contributed by atoms with Gasteiger partial charge in [0.1, 0.15) is 4.75 Å². The summed E-state index contributed by atoms with van der Waals surface area (Å²) < 4.78 is 0.822. The highest BCUT2D eigenvalue weighted by Crippen LogP contribution is 2.52. The van der Waals surface area contributed by atoms with Gasteiger partial charge in [-0.05, 0) is 36.4 Å². The number of hydrogen-bond donors (Lipinski definition) is 1. The third-order valence-electron chi connectivity index (χ3n) is 3.95. The lowest BCUT2D eigenvalue weighted by Crippen LogP contribution is -2.27. The smallest absolute Gasteiger partial charge is 0.241 e. The Hall–Kier alpha value is -2.45. The minimum absolute atomic E-state index is 0.0678. The van der Waals surface area contributed by atoms with E-state index in [4.69, 9.17) is 0 Å². The van der Waals surface area contributed by atoms with Crippen molar-refractivity contribution in [3.63, 3.8) is 0 Å². The Labute approximate surface area is 152 Å². The van der Waals surface area contributed by atoms with Gasteiger partial charge in [-0.1, -0.05) is 36.0 Å². The van der Waals surface area contributed by atoms with Gasteiger partial charge in [0.15, 0.2) is 11.0 Å². The number of carbonyl (C=O) groups is 2. The summed E-state index contributed by atoms with van der Waals surface area (Å²) in [6.45, 7) is 0. The number of rotatable bonds is 6. The van der Waals surface area contributed by atoms with Crippen molar-refractivity contribution in [2.75, 3.05) is 5.32 Å². The zero-order valence-electron chi connectivity index (χ0n) is 13.1. The van der Waals surface area contributed by atoms with E-state index in [0.717, 1.165) is 23.4 Å². The van der Waals surface area contributed by atoms with Gasteiger partial charge in [-0.25, -0.2) is 4.57 Å². The zero-order chi connectivity index (χ0) is 17.3. The molecule has 1 aliphatic rings. The van der Waals surface area contributed by atoms with E-state index in [0.29, 0.717) is 17.4 Å². The number of thioether (sulfide) groups is 1. The average molecular weight is 370 g/mol. The standard InChI is InChI=1S/C17H14N4O2S2/c22-11-21-14(13-7-4-10-24-13)19-20-16(21)25-17(8-9-17)15(23)18-12-5-2-1-3-6-12/h1-7,10-11H,8-9H2,(H,18,23). The van der Waals surface area contributed by atoms with Crippen LogP contribution in [0.2, 0.25) is 0 Å². The molecule has 1 N–H and O–H groups in total. The SMILES string of the molecule is O=Cn1c(SC2(C(=O)Nc3ccccc3)CC2)nnc1-c1cccs1. The highest BCUT2D eigenvalue weighted by Gasteiger charge is 2.52. The number of nitrogens with one attached hydrogen (secondary N) is 1. The molecule has 0 aliphatic heterocycles. The third kappa shape index (κ3) is 3.10. The van der Waals surface area contributed by atoms with Crippen molar-refractivity contribution in [2.45, 2.75) is 22.7 Å². The first-order chi connectivity index (χ1) is 12.2. The fourth-order valence-electron chi connectivity index (χ4n) is 2.45. The summed E-state index contributed by atoms with van der Waals surface area (Å²) in [7, 11) is 0. The number of thiophene rings is 1. The van der Waals surface area contributed by atoms with Gasteiger partial charge in [-0.15, -0.1) is 21.5 Å². The fourth-order valence-corrected chi connectivity index (χ4v) is 4.26. The first kappa shape index (κ1) is 16.0. The lowest BCUT2D eigenvalue weighted by atomic mass is 10.3. The van der Waals surface area contributed by atoms with Crippen LogP contribution in [-0.4, -0.2) is 31.8 Å². The van der Waals surface area contributed by atoms with Gasteiger partial charge in [0.25, 0.3) is 0 Å². The Morgan fingerprint density at radius 2 is 2.00 bits per heavy atom. The minimum Gasteiger partial charge on any atom is -0.325 e. The molecule has 25 heavy (non-hydrogen) atoms. The number of para-hydroxylation sites is 1. The van der Waals surface area contributed by atoms with Crippen LogP contribution in [0.4, 0.5) is 5.69 Å². The zero-order valence-corrected chi connectivity index (χ0v) is 14.7. The Bertz CT molecular complexity index is 902. The van der Waals surface area contributed by atoms with E-state index >= 15 is 0 Å². The van der Waals surface area contributed by atoms with Crippen molar-refractivity contribution in [3.8, 4) is 10.7 Å². The molecule has 0 spiro atoms. The van der Waals surface area contributed by atoms with Crippen LogP contribution in [0.15, 0.2) is 53.0 Å². The topological polar surface area (TPSA) is 76.9 Å². The molecule has 1 aliphatic carbocycles. The van der Waals surface area contributed by atoms with Crippen molar-refractivity contribution in [2.24, 2.45) is 0 Å². The molecule has 126 valence electrons. The molecule has 2 aromatic heterocycles. The average Bonchev–Trinajstić information content (AvgIpc) is 3.05. The molecular weight excluding hydrogens is 356 g/mol. The summed E-state index contributed by atoms with van der Waals surface area (Å²) in [6, 6.07) is 13.1. The van der Waals surface area contributed by atoms with Gasteiger partial charge in [0.05, 0.1) is 4.88 Å². The van der Waals surface area contributed by atoms with Gasteiger partial charge in [0, 0.05) is 5.69 Å². The molecule has 2 heterocycles. The van der Waals surface area contributed by atoms with Crippen LogP contribution in [-0.2, 0) is 9.59 Å². The maximum absolute atomic E-state index is 12.7. The molecule has 0 radical (unpaired) electrons. The van der Waals surface area contributed by atoms with Gasteiger partial charge in [-0.2, -0.15) is 0 Å². The van der Waals surface area contributed by atoms with Gasteiger partial charge >= 0.3 is 0 Å². The largest absolute Gasteiger partial charge is 0.325 e. The molecule has 1 aromatic carbocycles. The van der Waals surface area contributed by atoms with Crippen LogP contribution in [0.1, 0.15) is 12.8 Å². The van der Waals surface area contributed by atoms with Gasteiger partial charge in [0.2, 0.25) is 12.3 Å². The van der Waals surface area contributed by atoms with Crippen LogP contribution in [0.5, 0.6) is 0 Å². The molecule has 3 aromatic rings. The Morgan fingerprint density at radius 1 is 1.20 bits per heavy atom. The number of benzene rings is 1. The molecule has 0 saturated heterocycles. The van der Waals surface area contributed by atoms with Crippen molar-refractivity contribution in [3.05, 3.63) is 47.8 Å². The van der Waals surface area contributed by atoms with Crippen molar-refractivity contribution < 1.29 is 9.59 Å². The molecule has 1 fully saturated rings. The number of carbonyl (C=O) groups excluding carboxylic acids is 2. The summed E-state index contributed by atoms with van der Waals surface area (Å²) in [4.78, 5) is 25.1. The molecule has 4 rings (SSSR count). The predicted octanol–water partition coefficient (Wildman–Crippen LogP) is 3.31. The van der Waals surface area contributed by atoms with E-state index in [1.165, 1.54) is 27.7 Å². The molecule has 1 saturated carbocycles. The quantitative estimate of drug-likeness (QED) is 0.674. The van der Waals surface area contributed by atoms with E-state index < -0.39 is 4.75 Å². The number of aromatic nitrogens is 3.